The second-order valence-corrected chi connectivity index (χ2v) is 2.79. The minimum absolute atomic E-state index is 9.85. The Morgan fingerprint density at radius 3 is 0.571 bits per heavy atom. The van der Waals surface area contributed by atoms with Gasteiger partial charge in [0, 0.05) is 0 Å². The summed E-state index contributed by atoms with van der Waals surface area (Å²) in [6, 6.07) is 0. The molecular weight excluding hydrogens is 173 g/mol. The third kappa shape index (κ3) is 18700. The molecule has 0 atom stereocenters. The Bertz CT molecular complexity index is 62.7. The summed E-state index contributed by atoms with van der Waals surface area (Å²) in [7, 11) is 0. The molecule has 0 rings (SSSR count). The molecule has 0 heterocycles. The number of hydrogen-bond donors (Lipinski definition) is 0. The van der Waals surface area contributed by atoms with Crippen molar-refractivity contribution in [2.45, 2.75) is 0 Å². The molecule has 52 valence electrons. The van der Waals surface area contributed by atoms with Crippen LogP contribution in [0.15, 0.2) is 0 Å². The van der Waals surface area contributed by atoms with Crippen molar-refractivity contribution in [3.8, 4) is 0 Å². The molecule has 0 saturated heterocycles. The van der Waals surface area contributed by atoms with Gasteiger partial charge in [-0.2, -0.15) is 0 Å². The van der Waals surface area contributed by atoms with Crippen LogP contribution in [0.4, 0.5) is 21.6 Å². The van der Waals surface area contributed by atoms with Crippen molar-refractivity contribution in [2.24, 2.45) is 0 Å². The summed E-state index contributed by atoms with van der Waals surface area (Å²) in [4.78, 5) is 0. The first-order chi connectivity index (χ1) is 2.45. The van der Waals surface area contributed by atoms with Gasteiger partial charge in [-0.05, 0) is 0 Å². The first kappa shape index (κ1) is 7.07. The van der Waals surface area contributed by atoms with Crippen LogP contribution in [0.5, 0.6) is 0 Å². The average Bonchev–Trinajstić information content (AvgIpc) is 0.592. The zero-order valence-electron chi connectivity index (χ0n) is 2.58. The van der Waals surface area contributed by atoms with Gasteiger partial charge in [0.2, 0.25) is 0 Å². The van der Waals surface area contributed by atoms with Gasteiger partial charge in [-0.15, -0.1) is 0 Å². The van der Waals surface area contributed by atoms with Gasteiger partial charge in [-0.25, -0.2) is 0 Å². The van der Waals surface area contributed by atoms with Crippen molar-refractivity contribution >= 4 is 0 Å². The quantitative estimate of drug-likeness (QED) is 0.389. The molecule has 0 N–H and O–H groups in total. The van der Waals surface area contributed by atoms with Gasteiger partial charge in [0.15, 0.2) is 0 Å². The summed E-state index contributed by atoms with van der Waals surface area (Å²) in [6.45, 7) is 0. The van der Waals surface area contributed by atoms with Crippen molar-refractivity contribution in [1.82, 2.24) is 0 Å². The molecule has 0 radical (unpaired) electrons. The molecule has 0 nitrogen and oxygen atoms in total. The summed E-state index contributed by atoms with van der Waals surface area (Å²) < 4.78 is 59.1. The summed E-state index contributed by atoms with van der Waals surface area (Å²) >= 11 is -10.5. The number of hydrogen-bond acceptors (Lipinski definition) is 0. The fourth-order valence-electron chi connectivity index (χ4n) is 0. The molecule has 7 heteroatoms. The normalized spacial score (nSPS) is 23.1. The third-order valence-corrected chi connectivity index (χ3v) is 0. The fourth-order valence-corrected chi connectivity index (χ4v) is 0. The molecule has 0 aromatic carbocycles. The van der Waals surface area contributed by atoms with Gasteiger partial charge in [0.05, 0.1) is 0 Å². The SMILES string of the molecule is [F][Ni]([F])([F])([F])([F])[F]. The second-order valence-electron chi connectivity index (χ2n) is 0.678. The van der Waals surface area contributed by atoms with Crippen LogP contribution in [-0.4, -0.2) is 0 Å². The monoisotopic (exact) mass is 172 g/mol. The van der Waals surface area contributed by atoms with Crippen molar-refractivity contribution in [3.05, 3.63) is 0 Å². The molecule has 0 saturated carbocycles. The minimum atomic E-state index is -10.5. The van der Waals surface area contributed by atoms with E-state index in [0.29, 0.717) is 0 Å². The van der Waals surface area contributed by atoms with Crippen LogP contribution < -0.4 is 0 Å². The van der Waals surface area contributed by atoms with E-state index in [1.807, 2.05) is 0 Å². The van der Waals surface area contributed by atoms with Crippen LogP contribution in [0.1, 0.15) is 0 Å². The van der Waals surface area contributed by atoms with E-state index in [1.165, 1.54) is 0 Å². The van der Waals surface area contributed by atoms with Crippen molar-refractivity contribution in [3.63, 3.8) is 0 Å². The Kier molecular flexibility index (Phi) is 0.695. The van der Waals surface area contributed by atoms with Gasteiger partial charge in [-0.1, -0.05) is 0 Å². The number of halogens is 6. The predicted molar refractivity (Wildman–Crippen MR) is 6.65 cm³/mol. The Morgan fingerprint density at radius 2 is 0.571 bits per heavy atom. The maximum absolute atomic E-state index is 10.5. The molecule has 0 aliphatic carbocycles. The molecule has 0 unspecified atom stereocenters. The summed E-state index contributed by atoms with van der Waals surface area (Å²) in [5.41, 5.74) is 0. The van der Waals surface area contributed by atoms with Crippen LogP contribution >= 0.6 is 0 Å². The molecular formula is F6Ni. The van der Waals surface area contributed by atoms with E-state index in [0.717, 1.165) is 0 Å². The molecule has 0 aromatic heterocycles. The standard InChI is InChI=1S/6FH.Ni/h6*1H;/q;;;;;;+6/p-6. The van der Waals surface area contributed by atoms with Crippen molar-refractivity contribution in [2.75, 3.05) is 0 Å². The summed E-state index contributed by atoms with van der Waals surface area (Å²) in [6.07, 6.45) is 0. The van der Waals surface area contributed by atoms with Crippen LogP contribution in [0.2, 0.25) is 0 Å². The first-order valence-corrected chi connectivity index (χ1v) is 2.96. The third-order valence-electron chi connectivity index (χ3n) is 0. The zero-order chi connectivity index (χ0) is 6.41. The van der Waals surface area contributed by atoms with Crippen molar-refractivity contribution in [1.29, 1.82) is 0 Å². The number of rotatable bonds is 0. The predicted octanol–water partition coefficient (Wildman–Crippen LogP) is 2.52. The van der Waals surface area contributed by atoms with E-state index in [1.54, 1.807) is 0 Å². The van der Waals surface area contributed by atoms with E-state index < -0.39 is 13.0 Å². The van der Waals surface area contributed by atoms with Crippen LogP contribution in [0.25, 0.3) is 0 Å². The zero-order valence-corrected chi connectivity index (χ0v) is 3.57. The van der Waals surface area contributed by atoms with Gasteiger partial charge < -0.3 is 0 Å². The van der Waals surface area contributed by atoms with E-state index in [-0.39, 0.29) is 0 Å². The van der Waals surface area contributed by atoms with Gasteiger partial charge in [0.1, 0.15) is 0 Å². The Hall–Kier alpha value is 0.0735. The maximum atomic E-state index is 9.85. The molecule has 0 aliphatic rings. The van der Waals surface area contributed by atoms with Gasteiger partial charge in [0.25, 0.3) is 0 Å². The first-order valence-electron chi connectivity index (χ1n) is 0.717. The van der Waals surface area contributed by atoms with Crippen molar-refractivity contribution < 1.29 is 34.6 Å². The molecule has 7 heavy (non-hydrogen) atoms. The van der Waals surface area contributed by atoms with E-state index in [2.05, 4.69) is 0 Å². The molecule has 0 aliphatic heterocycles. The van der Waals surface area contributed by atoms with Crippen LogP contribution in [-0.2, 0) is 13.0 Å². The summed E-state index contributed by atoms with van der Waals surface area (Å²) in [5.74, 6) is 0. The Labute approximate surface area is 35.7 Å². The second kappa shape index (κ2) is 0.688. The van der Waals surface area contributed by atoms with Gasteiger partial charge in [-0.3, -0.25) is 0 Å². The topological polar surface area (TPSA) is 0 Å². The van der Waals surface area contributed by atoms with Crippen LogP contribution in [0.3, 0.4) is 0 Å². The summed E-state index contributed by atoms with van der Waals surface area (Å²) in [5, 5.41) is 0. The molecule has 0 bridgehead atoms. The Balaban J connectivity index is 4.43. The fraction of sp³-hybridized carbons (Fsp3) is 0. The molecule has 0 amide bonds. The molecule has 0 fully saturated rings. The van der Waals surface area contributed by atoms with Gasteiger partial charge >= 0.3 is 34.6 Å². The van der Waals surface area contributed by atoms with Crippen LogP contribution in [0, 0.1) is 0 Å². The van der Waals surface area contributed by atoms with E-state index >= 15 is 0 Å². The molecule has 0 aromatic rings. The average molecular weight is 173 g/mol. The van der Waals surface area contributed by atoms with E-state index in [4.69, 9.17) is 0 Å². The Morgan fingerprint density at radius 1 is 0.571 bits per heavy atom. The molecule has 0 spiro atoms. The van der Waals surface area contributed by atoms with E-state index in [9.17, 15) is 21.6 Å².